The molecule has 4 nitrogen and oxygen atoms in total. The Hall–Kier alpha value is -1.16. The lowest BCUT2D eigenvalue weighted by atomic mass is 9.87. The van der Waals surface area contributed by atoms with Gasteiger partial charge in [0, 0.05) is 18.3 Å². The van der Waals surface area contributed by atoms with Crippen molar-refractivity contribution in [2.75, 3.05) is 25.0 Å². The van der Waals surface area contributed by atoms with Gasteiger partial charge >= 0.3 is 0 Å². The van der Waals surface area contributed by atoms with E-state index < -0.39 is 0 Å². The minimum absolute atomic E-state index is 0.812. The van der Waals surface area contributed by atoms with Crippen molar-refractivity contribution in [1.29, 1.82) is 0 Å². The maximum Gasteiger partial charge on any atom is 0.144 e. The van der Waals surface area contributed by atoms with E-state index in [-0.39, 0.29) is 0 Å². The normalized spacial score (nSPS) is 17.4. The van der Waals surface area contributed by atoms with Gasteiger partial charge in [-0.05, 0) is 51.1 Å². The minimum Gasteiger partial charge on any atom is -0.370 e. The molecule has 2 rings (SSSR count). The predicted octanol–water partition coefficient (Wildman–Crippen LogP) is 3.47. The number of hydrogen-bond acceptors (Lipinski definition) is 4. The number of nitrogens with one attached hydrogen (secondary N) is 1. The maximum absolute atomic E-state index is 4.66. The van der Waals surface area contributed by atoms with Gasteiger partial charge in [-0.1, -0.05) is 20.8 Å². The van der Waals surface area contributed by atoms with E-state index in [1.54, 1.807) is 0 Å². The molecule has 21 heavy (non-hydrogen) atoms. The number of aryl methyl sites for hydroxylation is 1. The van der Waals surface area contributed by atoms with Crippen LogP contribution in [-0.2, 0) is 6.54 Å². The zero-order valence-electron chi connectivity index (χ0n) is 14.0. The second kappa shape index (κ2) is 7.74. The average molecular weight is 290 g/mol. The largest absolute Gasteiger partial charge is 0.370 e. The van der Waals surface area contributed by atoms with E-state index in [4.69, 9.17) is 0 Å². The van der Waals surface area contributed by atoms with Crippen LogP contribution in [0.15, 0.2) is 6.07 Å². The molecular weight excluding hydrogens is 260 g/mol. The van der Waals surface area contributed by atoms with Crippen LogP contribution < -0.4 is 5.32 Å². The Balaban J connectivity index is 1.92. The molecule has 0 radical (unpaired) electrons. The van der Waals surface area contributed by atoms with Gasteiger partial charge in [0.15, 0.2) is 0 Å². The van der Waals surface area contributed by atoms with E-state index in [9.17, 15) is 0 Å². The lowest BCUT2D eigenvalue weighted by molar-refractivity contribution is 0.149. The lowest BCUT2D eigenvalue weighted by Gasteiger charge is -2.33. The molecule has 0 unspecified atom stereocenters. The molecule has 0 spiro atoms. The van der Waals surface area contributed by atoms with Gasteiger partial charge in [-0.2, -0.15) is 0 Å². The van der Waals surface area contributed by atoms with Gasteiger partial charge in [-0.15, -0.1) is 0 Å². The molecule has 0 aliphatic carbocycles. The molecule has 1 fully saturated rings. The van der Waals surface area contributed by atoms with Gasteiger partial charge < -0.3 is 5.32 Å². The molecule has 118 valence electrons. The third-order valence-corrected chi connectivity index (χ3v) is 4.40. The molecule has 4 heteroatoms. The van der Waals surface area contributed by atoms with Crippen molar-refractivity contribution in [2.45, 2.75) is 53.5 Å². The summed E-state index contributed by atoms with van der Waals surface area (Å²) in [6, 6.07) is 2.03. The minimum atomic E-state index is 0.812. The highest BCUT2D eigenvalue weighted by Gasteiger charge is 2.22. The number of hydrogen-bond donors (Lipinski definition) is 1. The molecule has 0 atom stereocenters. The topological polar surface area (TPSA) is 41.1 Å². The summed E-state index contributed by atoms with van der Waals surface area (Å²) in [6.07, 6.45) is 3.73. The Kier molecular flexibility index (Phi) is 5.97. The number of rotatable bonds is 6. The number of aromatic nitrogens is 2. The second-order valence-corrected chi connectivity index (χ2v) is 6.60. The van der Waals surface area contributed by atoms with E-state index >= 15 is 0 Å². The summed E-state index contributed by atoms with van der Waals surface area (Å²) in [5.74, 6) is 3.63. The van der Waals surface area contributed by atoms with Crippen LogP contribution in [-0.4, -0.2) is 34.5 Å². The molecule has 1 aromatic heterocycles. The molecule has 0 aromatic carbocycles. The molecule has 1 aliphatic heterocycles. The van der Waals surface area contributed by atoms with Gasteiger partial charge in [0.25, 0.3) is 0 Å². The molecule has 1 aromatic rings. The van der Waals surface area contributed by atoms with Crippen LogP contribution in [0.25, 0.3) is 0 Å². The van der Waals surface area contributed by atoms with E-state index in [2.05, 4.69) is 41.0 Å². The summed E-state index contributed by atoms with van der Waals surface area (Å²) in [7, 11) is 0. The summed E-state index contributed by atoms with van der Waals surface area (Å²) in [4.78, 5) is 11.8. The zero-order chi connectivity index (χ0) is 15.2. The quantitative estimate of drug-likeness (QED) is 0.871. The third-order valence-electron chi connectivity index (χ3n) is 4.40. The van der Waals surface area contributed by atoms with Crippen molar-refractivity contribution in [3.05, 3.63) is 17.6 Å². The summed E-state index contributed by atoms with van der Waals surface area (Å²) in [5, 5.41) is 3.37. The van der Waals surface area contributed by atoms with E-state index in [0.717, 1.165) is 48.7 Å². The Morgan fingerprint density at radius 1 is 1.29 bits per heavy atom. The third kappa shape index (κ3) is 4.95. The van der Waals surface area contributed by atoms with Crippen molar-refractivity contribution in [2.24, 2.45) is 11.8 Å². The van der Waals surface area contributed by atoms with Crippen molar-refractivity contribution in [3.63, 3.8) is 0 Å². The first-order valence-corrected chi connectivity index (χ1v) is 8.39. The summed E-state index contributed by atoms with van der Waals surface area (Å²) >= 11 is 0. The fraction of sp³-hybridized carbons (Fsp3) is 0.765. The molecule has 0 bridgehead atoms. The Labute approximate surface area is 129 Å². The molecule has 2 heterocycles. The van der Waals surface area contributed by atoms with Crippen LogP contribution in [0.4, 0.5) is 5.82 Å². The average Bonchev–Trinajstić information content (AvgIpc) is 2.45. The fourth-order valence-electron chi connectivity index (χ4n) is 3.02. The Morgan fingerprint density at radius 3 is 2.62 bits per heavy atom. The standard InChI is InChI=1S/C17H30N4/c1-5-8-18-16-11-14(4)19-17(20-16)12-21-9-6-15(7-10-21)13(2)3/h11,13,15H,5-10,12H2,1-4H3,(H,18,19,20). The summed E-state index contributed by atoms with van der Waals surface area (Å²) in [6.45, 7) is 13.1. The van der Waals surface area contributed by atoms with Crippen LogP contribution >= 0.6 is 0 Å². The molecule has 1 N–H and O–H groups in total. The molecule has 0 amide bonds. The first-order chi connectivity index (χ1) is 10.1. The van der Waals surface area contributed by atoms with Gasteiger partial charge in [0.1, 0.15) is 11.6 Å². The Bertz CT molecular complexity index is 436. The van der Waals surface area contributed by atoms with E-state index in [1.165, 1.54) is 25.9 Å². The predicted molar refractivity (Wildman–Crippen MR) is 88.4 cm³/mol. The molecule has 0 saturated carbocycles. The van der Waals surface area contributed by atoms with E-state index in [1.807, 2.05) is 13.0 Å². The number of nitrogens with zero attached hydrogens (tertiary/aromatic N) is 3. The number of likely N-dealkylation sites (tertiary alicyclic amines) is 1. The second-order valence-electron chi connectivity index (χ2n) is 6.60. The number of anilines is 1. The first kappa shape index (κ1) is 16.2. The zero-order valence-corrected chi connectivity index (χ0v) is 14.0. The van der Waals surface area contributed by atoms with Crippen molar-refractivity contribution >= 4 is 5.82 Å². The molecule has 1 saturated heterocycles. The summed E-state index contributed by atoms with van der Waals surface area (Å²) in [5.41, 5.74) is 1.05. The van der Waals surface area contributed by atoms with Crippen molar-refractivity contribution in [3.8, 4) is 0 Å². The van der Waals surface area contributed by atoms with Gasteiger partial charge in [-0.25, -0.2) is 9.97 Å². The van der Waals surface area contributed by atoms with Gasteiger partial charge in [-0.3, -0.25) is 4.90 Å². The molecule has 1 aliphatic rings. The highest BCUT2D eigenvalue weighted by molar-refractivity contribution is 5.35. The van der Waals surface area contributed by atoms with Crippen molar-refractivity contribution < 1.29 is 0 Å². The van der Waals surface area contributed by atoms with Gasteiger partial charge in [0.05, 0.1) is 6.54 Å². The van der Waals surface area contributed by atoms with Crippen LogP contribution in [0, 0.1) is 18.8 Å². The van der Waals surface area contributed by atoms with Crippen LogP contribution in [0.2, 0.25) is 0 Å². The van der Waals surface area contributed by atoms with Crippen LogP contribution in [0.3, 0.4) is 0 Å². The highest BCUT2D eigenvalue weighted by Crippen LogP contribution is 2.25. The van der Waals surface area contributed by atoms with Crippen LogP contribution in [0.1, 0.15) is 51.6 Å². The smallest absolute Gasteiger partial charge is 0.144 e. The summed E-state index contributed by atoms with van der Waals surface area (Å²) < 4.78 is 0. The van der Waals surface area contributed by atoms with Gasteiger partial charge in [0.2, 0.25) is 0 Å². The first-order valence-electron chi connectivity index (χ1n) is 8.39. The van der Waals surface area contributed by atoms with Crippen LogP contribution in [0.5, 0.6) is 0 Å². The Morgan fingerprint density at radius 2 is 2.00 bits per heavy atom. The van der Waals surface area contributed by atoms with E-state index in [0.29, 0.717) is 0 Å². The highest BCUT2D eigenvalue weighted by atomic mass is 15.2. The van der Waals surface area contributed by atoms with Crippen molar-refractivity contribution in [1.82, 2.24) is 14.9 Å². The monoisotopic (exact) mass is 290 g/mol. The lowest BCUT2D eigenvalue weighted by Crippen LogP contribution is -2.35. The molecular formula is C17H30N4. The maximum atomic E-state index is 4.66. The number of piperidine rings is 1. The SMILES string of the molecule is CCCNc1cc(C)nc(CN2CCC(C(C)C)CC2)n1. The fourth-order valence-corrected chi connectivity index (χ4v) is 3.02.